The zero-order chi connectivity index (χ0) is 15.2. The van der Waals surface area contributed by atoms with Gasteiger partial charge in [0.15, 0.2) is 23.9 Å². The highest BCUT2D eigenvalue weighted by Crippen LogP contribution is 2.28. The van der Waals surface area contributed by atoms with Gasteiger partial charge in [0.05, 0.1) is 7.11 Å². The van der Waals surface area contributed by atoms with Crippen LogP contribution < -0.4 is 14.8 Å². The van der Waals surface area contributed by atoms with Crippen LogP contribution in [-0.4, -0.2) is 31.4 Å². The standard InChI is InChI=1S/C16H21NO4/c1-11(18)12-7-8-14(15(9-12)20-2)21-10-16(19)17-13-5-3-4-6-13/h7-9,13H,3-6,10H2,1-2H3,(H,17,19). The fraction of sp³-hybridized carbons (Fsp3) is 0.500. The lowest BCUT2D eigenvalue weighted by molar-refractivity contribution is -0.123. The second-order valence-electron chi connectivity index (χ2n) is 5.26. The molecule has 0 heterocycles. The molecule has 114 valence electrons. The number of Topliss-reactive ketones (excluding diaryl/α,β-unsaturated/α-hetero) is 1. The number of benzene rings is 1. The molecule has 21 heavy (non-hydrogen) atoms. The molecule has 0 aromatic heterocycles. The number of hydrogen-bond acceptors (Lipinski definition) is 4. The quantitative estimate of drug-likeness (QED) is 0.817. The first-order valence-electron chi connectivity index (χ1n) is 7.21. The Morgan fingerprint density at radius 3 is 2.57 bits per heavy atom. The SMILES string of the molecule is COc1cc(C(C)=O)ccc1OCC(=O)NC1CCCC1. The molecule has 1 aliphatic rings. The van der Waals surface area contributed by atoms with Gasteiger partial charge in [0, 0.05) is 11.6 Å². The van der Waals surface area contributed by atoms with Gasteiger partial charge in [-0.25, -0.2) is 0 Å². The highest BCUT2D eigenvalue weighted by Gasteiger charge is 2.17. The van der Waals surface area contributed by atoms with Crippen molar-refractivity contribution in [1.82, 2.24) is 5.32 Å². The zero-order valence-electron chi connectivity index (χ0n) is 12.5. The van der Waals surface area contributed by atoms with Crippen LogP contribution in [-0.2, 0) is 4.79 Å². The molecule has 0 saturated heterocycles. The van der Waals surface area contributed by atoms with Crippen molar-refractivity contribution in [2.75, 3.05) is 13.7 Å². The van der Waals surface area contributed by atoms with Crippen molar-refractivity contribution in [2.45, 2.75) is 38.6 Å². The minimum Gasteiger partial charge on any atom is -0.493 e. The number of carbonyl (C=O) groups excluding carboxylic acids is 2. The summed E-state index contributed by atoms with van der Waals surface area (Å²) in [5, 5.41) is 2.96. The van der Waals surface area contributed by atoms with Crippen LogP contribution in [0.25, 0.3) is 0 Å². The normalized spacial score (nSPS) is 14.8. The van der Waals surface area contributed by atoms with E-state index in [4.69, 9.17) is 9.47 Å². The van der Waals surface area contributed by atoms with Gasteiger partial charge in [-0.05, 0) is 38.0 Å². The molecule has 1 aromatic carbocycles. The van der Waals surface area contributed by atoms with Crippen molar-refractivity contribution in [2.24, 2.45) is 0 Å². The lowest BCUT2D eigenvalue weighted by atomic mass is 10.1. The molecule has 0 aliphatic heterocycles. The third-order valence-electron chi connectivity index (χ3n) is 3.65. The number of ketones is 1. The van der Waals surface area contributed by atoms with Crippen LogP contribution >= 0.6 is 0 Å². The molecule has 0 bridgehead atoms. The molecule has 0 radical (unpaired) electrons. The van der Waals surface area contributed by atoms with Crippen LogP contribution in [0.15, 0.2) is 18.2 Å². The summed E-state index contributed by atoms with van der Waals surface area (Å²) in [6.45, 7) is 1.44. The second-order valence-corrected chi connectivity index (χ2v) is 5.26. The van der Waals surface area contributed by atoms with E-state index in [2.05, 4.69) is 5.32 Å². The first kappa shape index (κ1) is 15.4. The maximum Gasteiger partial charge on any atom is 0.258 e. The van der Waals surface area contributed by atoms with Gasteiger partial charge in [-0.2, -0.15) is 0 Å². The minimum atomic E-state index is -0.125. The molecule has 5 nitrogen and oxygen atoms in total. The summed E-state index contributed by atoms with van der Waals surface area (Å²) in [4.78, 5) is 23.1. The van der Waals surface area contributed by atoms with Crippen molar-refractivity contribution in [1.29, 1.82) is 0 Å². The van der Waals surface area contributed by atoms with E-state index in [0.717, 1.165) is 12.8 Å². The van der Waals surface area contributed by atoms with Crippen molar-refractivity contribution in [3.05, 3.63) is 23.8 Å². The number of hydrogen-bond donors (Lipinski definition) is 1. The monoisotopic (exact) mass is 291 g/mol. The van der Waals surface area contributed by atoms with Crippen molar-refractivity contribution in [3.8, 4) is 11.5 Å². The van der Waals surface area contributed by atoms with E-state index in [0.29, 0.717) is 17.1 Å². The van der Waals surface area contributed by atoms with Crippen LogP contribution in [0.5, 0.6) is 11.5 Å². The molecular weight excluding hydrogens is 270 g/mol. The summed E-state index contributed by atoms with van der Waals surface area (Å²) in [7, 11) is 1.50. The zero-order valence-corrected chi connectivity index (χ0v) is 12.5. The van der Waals surface area contributed by atoms with E-state index in [1.165, 1.54) is 26.9 Å². The van der Waals surface area contributed by atoms with E-state index in [1.54, 1.807) is 18.2 Å². The van der Waals surface area contributed by atoms with Gasteiger partial charge in [-0.1, -0.05) is 12.8 Å². The topological polar surface area (TPSA) is 64.6 Å². The fourth-order valence-corrected chi connectivity index (χ4v) is 2.49. The molecule has 0 spiro atoms. The van der Waals surface area contributed by atoms with Crippen LogP contribution in [0.1, 0.15) is 43.0 Å². The molecule has 1 aromatic rings. The number of ether oxygens (including phenoxy) is 2. The molecule has 0 atom stereocenters. The van der Waals surface area contributed by atoms with Crippen LogP contribution in [0.3, 0.4) is 0 Å². The fourth-order valence-electron chi connectivity index (χ4n) is 2.49. The van der Waals surface area contributed by atoms with Gasteiger partial charge in [0.2, 0.25) is 0 Å². The number of rotatable bonds is 6. The highest BCUT2D eigenvalue weighted by atomic mass is 16.5. The highest BCUT2D eigenvalue weighted by molar-refractivity contribution is 5.94. The van der Waals surface area contributed by atoms with Gasteiger partial charge < -0.3 is 14.8 Å². The number of carbonyl (C=O) groups is 2. The molecular formula is C16H21NO4. The van der Waals surface area contributed by atoms with E-state index < -0.39 is 0 Å². The first-order valence-corrected chi connectivity index (χ1v) is 7.21. The lowest BCUT2D eigenvalue weighted by Crippen LogP contribution is -2.36. The third-order valence-corrected chi connectivity index (χ3v) is 3.65. The Hall–Kier alpha value is -2.04. The third kappa shape index (κ3) is 4.21. The Morgan fingerprint density at radius 2 is 1.95 bits per heavy atom. The molecule has 1 saturated carbocycles. The summed E-state index contributed by atoms with van der Waals surface area (Å²) < 4.78 is 10.7. The predicted molar refractivity (Wildman–Crippen MR) is 78.9 cm³/mol. The molecule has 2 rings (SSSR count). The molecule has 1 amide bonds. The van der Waals surface area contributed by atoms with Gasteiger partial charge in [0.25, 0.3) is 5.91 Å². The molecule has 1 aliphatic carbocycles. The summed E-state index contributed by atoms with van der Waals surface area (Å²) >= 11 is 0. The maximum atomic E-state index is 11.8. The molecule has 1 N–H and O–H groups in total. The lowest BCUT2D eigenvalue weighted by Gasteiger charge is -2.14. The summed E-state index contributed by atoms with van der Waals surface area (Å²) in [5.41, 5.74) is 0.551. The Kier molecular flexibility index (Phi) is 5.20. The van der Waals surface area contributed by atoms with E-state index in [-0.39, 0.29) is 24.3 Å². The number of nitrogens with one attached hydrogen (secondary N) is 1. The Bertz CT molecular complexity index is 521. The Balaban J connectivity index is 1.92. The van der Waals surface area contributed by atoms with Gasteiger partial charge in [0.1, 0.15) is 0 Å². The van der Waals surface area contributed by atoms with Crippen LogP contribution in [0.4, 0.5) is 0 Å². The van der Waals surface area contributed by atoms with E-state index in [1.807, 2.05) is 0 Å². The van der Waals surface area contributed by atoms with Gasteiger partial charge in [-0.3, -0.25) is 9.59 Å². The average Bonchev–Trinajstić information content (AvgIpc) is 2.97. The van der Waals surface area contributed by atoms with E-state index >= 15 is 0 Å². The smallest absolute Gasteiger partial charge is 0.258 e. The maximum absolute atomic E-state index is 11.8. The average molecular weight is 291 g/mol. The van der Waals surface area contributed by atoms with Crippen LogP contribution in [0.2, 0.25) is 0 Å². The predicted octanol–water partition coefficient (Wildman–Crippen LogP) is 2.34. The molecule has 5 heteroatoms. The van der Waals surface area contributed by atoms with Crippen LogP contribution in [0, 0.1) is 0 Å². The summed E-state index contributed by atoms with van der Waals surface area (Å²) in [6.07, 6.45) is 4.43. The van der Waals surface area contributed by atoms with Gasteiger partial charge >= 0.3 is 0 Å². The van der Waals surface area contributed by atoms with E-state index in [9.17, 15) is 9.59 Å². The van der Waals surface area contributed by atoms with Crippen molar-refractivity contribution >= 4 is 11.7 Å². The molecule has 1 fully saturated rings. The van der Waals surface area contributed by atoms with Gasteiger partial charge in [-0.15, -0.1) is 0 Å². The summed E-state index contributed by atoms with van der Waals surface area (Å²) in [6, 6.07) is 5.21. The first-order chi connectivity index (χ1) is 10.1. The minimum absolute atomic E-state index is 0.0428. The number of amides is 1. The Morgan fingerprint density at radius 1 is 1.24 bits per heavy atom. The van der Waals surface area contributed by atoms with Crippen molar-refractivity contribution < 1.29 is 19.1 Å². The van der Waals surface area contributed by atoms with Crippen molar-refractivity contribution in [3.63, 3.8) is 0 Å². The Labute approximate surface area is 124 Å². The summed E-state index contributed by atoms with van der Waals surface area (Å²) in [5.74, 6) is 0.749. The largest absolute Gasteiger partial charge is 0.493 e. The number of methoxy groups -OCH3 is 1. The molecule has 0 unspecified atom stereocenters. The second kappa shape index (κ2) is 7.11.